The SMILES string of the molecule is Cc1ccc(C(C)NC(=O)C2CCCNC2C)cc1F. The van der Waals surface area contributed by atoms with Crippen molar-refractivity contribution in [2.75, 3.05) is 6.54 Å². The van der Waals surface area contributed by atoms with Crippen LogP contribution in [-0.4, -0.2) is 18.5 Å². The molecule has 1 saturated heterocycles. The van der Waals surface area contributed by atoms with Crippen LogP contribution in [0.25, 0.3) is 0 Å². The molecule has 0 spiro atoms. The van der Waals surface area contributed by atoms with Crippen molar-refractivity contribution in [3.05, 3.63) is 35.1 Å². The van der Waals surface area contributed by atoms with Crippen LogP contribution in [0.3, 0.4) is 0 Å². The third kappa shape index (κ3) is 3.37. The minimum Gasteiger partial charge on any atom is -0.349 e. The lowest BCUT2D eigenvalue weighted by Crippen LogP contribution is -2.47. The van der Waals surface area contributed by atoms with Crippen molar-refractivity contribution in [2.24, 2.45) is 5.92 Å². The summed E-state index contributed by atoms with van der Waals surface area (Å²) >= 11 is 0. The van der Waals surface area contributed by atoms with Gasteiger partial charge in [0.1, 0.15) is 5.82 Å². The molecule has 0 radical (unpaired) electrons. The number of aryl methyl sites for hydroxylation is 1. The quantitative estimate of drug-likeness (QED) is 0.892. The molecule has 4 heteroatoms. The van der Waals surface area contributed by atoms with Gasteiger partial charge in [-0.2, -0.15) is 0 Å². The Labute approximate surface area is 120 Å². The molecule has 2 rings (SSSR count). The van der Waals surface area contributed by atoms with Gasteiger partial charge in [0.15, 0.2) is 0 Å². The topological polar surface area (TPSA) is 41.1 Å². The molecule has 1 fully saturated rings. The predicted octanol–water partition coefficient (Wildman–Crippen LogP) is 2.70. The normalized spacial score (nSPS) is 24.2. The predicted molar refractivity (Wildman–Crippen MR) is 77.9 cm³/mol. The first-order valence-corrected chi connectivity index (χ1v) is 7.29. The highest BCUT2D eigenvalue weighted by Gasteiger charge is 2.28. The summed E-state index contributed by atoms with van der Waals surface area (Å²) in [7, 11) is 0. The largest absolute Gasteiger partial charge is 0.349 e. The Hall–Kier alpha value is -1.42. The minimum atomic E-state index is -0.226. The van der Waals surface area contributed by atoms with Gasteiger partial charge in [-0.15, -0.1) is 0 Å². The number of hydrogen-bond acceptors (Lipinski definition) is 2. The standard InChI is InChI=1S/C16H23FN2O/c1-10-6-7-13(9-15(10)17)11(2)19-16(20)14-5-4-8-18-12(14)3/h6-7,9,11-12,14,18H,4-5,8H2,1-3H3,(H,19,20). The van der Waals surface area contributed by atoms with Crippen molar-refractivity contribution in [3.63, 3.8) is 0 Å². The van der Waals surface area contributed by atoms with E-state index in [1.807, 2.05) is 19.9 Å². The van der Waals surface area contributed by atoms with E-state index in [2.05, 4.69) is 10.6 Å². The van der Waals surface area contributed by atoms with Crippen LogP contribution in [0.15, 0.2) is 18.2 Å². The molecular weight excluding hydrogens is 255 g/mol. The summed E-state index contributed by atoms with van der Waals surface area (Å²) in [6, 6.07) is 5.14. The maximum absolute atomic E-state index is 13.6. The highest BCUT2D eigenvalue weighted by Crippen LogP contribution is 2.20. The van der Waals surface area contributed by atoms with E-state index in [0.29, 0.717) is 5.56 Å². The Balaban J connectivity index is 2.01. The van der Waals surface area contributed by atoms with E-state index >= 15 is 0 Å². The molecule has 20 heavy (non-hydrogen) atoms. The van der Waals surface area contributed by atoms with E-state index in [4.69, 9.17) is 0 Å². The Kier molecular flexibility index (Phi) is 4.76. The first-order chi connectivity index (χ1) is 9.49. The fourth-order valence-electron chi connectivity index (χ4n) is 2.68. The van der Waals surface area contributed by atoms with Gasteiger partial charge in [-0.1, -0.05) is 12.1 Å². The monoisotopic (exact) mass is 278 g/mol. The molecule has 0 aromatic heterocycles. The number of carbonyl (C=O) groups excluding carboxylic acids is 1. The number of piperidine rings is 1. The van der Waals surface area contributed by atoms with Crippen molar-refractivity contribution in [1.82, 2.24) is 10.6 Å². The summed E-state index contributed by atoms with van der Waals surface area (Å²) in [5.74, 6) is -0.170. The zero-order valence-electron chi connectivity index (χ0n) is 12.4. The van der Waals surface area contributed by atoms with Gasteiger partial charge < -0.3 is 10.6 Å². The molecule has 1 aromatic rings. The maximum Gasteiger partial charge on any atom is 0.225 e. The molecule has 110 valence electrons. The van der Waals surface area contributed by atoms with Crippen molar-refractivity contribution in [1.29, 1.82) is 0 Å². The van der Waals surface area contributed by atoms with Crippen LogP contribution >= 0.6 is 0 Å². The van der Waals surface area contributed by atoms with E-state index in [9.17, 15) is 9.18 Å². The number of rotatable bonds is 3. The van der Waals surface area contributed by atoms with Crippen LogP contribution in [0.2, 0.25) is 0 Å². The zero-order valence-corrected chi connectivity index (χ0v) is 12.4. The number of nitrogens with one attached hydrogen (secondary N) is 2. The molecule has 1 heterocycles. The van der Waals surface area contributed by atoms with Gasteiger partial charge in [-0.25, -0.2) is 4.39 Å². The van der Waals surface area contributed by atoms with Gasteiger partial charge >= 0.3 is 0 Å². The van der Waals surface area contributed by atoms with Crippen molar-refractivity contribution in [3.8, 4) is 0 Å². The van der Waals surface area contributed by atoms with E-state index in [0.717, 1.165) is 24.9 Å². The molecule has 3 nitrogen and oxygen atoms in total. The van der Waals surface area contributed by atoms with Crippen molar-refractivity contribution < 1.29 is 9.18 Å². The maximum atomic E-state index is 13.6. The molecule has 1 amide bonds. The van der Waals surface area contributed by atoms with Gasteiger partial charge in [0, 0.05) is 6.04 Å². The molecule has 1 aromatic carbocycles. The molecule has 1 aliphatic heterocycles. The lowest BCUT2D eigenvalue weighted by molar-refractivity contribution is -0.127. The zero-order chi connectivity index (χ0) is 14.7. The van der Waals surface area contributed by atoms with Crippen LogP contribution in [0.4, 0.5) is 4.39 Å². The second-order valence-corrected chi connectivity index (χ2v) is 5.73. The molecule has 0 aliphatic carbocycles. The average Bonchev–Trinajstić information content (AvgIpc) is 2.42. The fourth-order valence-corrected chi connectivity index (χ4v) is 2.68. The first-order valence-electron chi connectivity index (χ1n) is 7.29. The Morgan fingerprint density at radius 3 is 2.90 bits per heavy atom. The number of halogens is 1. The minimum absolute atomic E-state index is 0.00138. The smallest absolute Gasteiger partial charge is 0.225 e. The number of hydrogen-bond donors (Lipinski definition) is 2. The van der Waals surface area contributed by atoms with Gasteiger partial charge in [0.2, 0.25) is 5.91 Å². The Morgan fingerprint density at radius 1 is 1.50 bits per heavy atom. The second-order valence-electron chi connectivity index (χ2n) is 5.73. The molecule has 2 N–H and O–H groups in total. The lowest BCUT2D eigenvalue weighted by Gasteiger charge is -2.30. The van der Waals surface area contributed by atoms with E-state index in [1.165, 1.54) is 6.07 Å². The summed E-state index contributed by atoms with van der Waals surface area (Å²) in [6.45, 7) is 6.64. The van der Waals surface area contributed by atoms with Gasteiger partial charge in [0.25, 0.3) is 0 Å². The summed E-state index contributed by atoms with van der Waals surface area (Å²) in [4.78, 5) is 12.3. The number of amides is 1. The average molecular weight is 278 g/mol. The second kappa shape index (κ2) is 6.35. The van der Waals surface area contributed by atoms with E-state index < -0.39 is 0 Å². The van der Waals surface area contributed by atoms with Crippen molar-refractivity contribution >= 4 is 5.91 Å². The summed E-state index contributed by atoms with van der Waals surface area (Å²) < 4.78 is 13.6. The summed E-state index contributed by atoms with van der Waals surface area (Å²) in [6.07, 6.45) is 1.94. The van der Waals surface area contributed by atoms with Gasteiger partial charge in [0.05, 0.1) is 12.0 Å². The van der Waals surface area contributed by atoms with Crippen LogP contribution in [0.5, 0.6) is 0 Å². The van der Waals surface area contributed by atoms with Crippen LogP contribution < -0.4 is 10.6 Å². The van der Waals surface area contributed by atoms with Gasteiger partial charge in [-0.05, 0) is 57.4 Å². The van der Waals surface area contributed by atoms with Crippen LogP contribution in [-0.2, 0) is 4.79 Å². The van der Waals surface area contributed by atoms with Crippen molar-refractivity contribution in [2.45, 2.75) is 45.7 Å². The fraction of sp³-hybridized carbons (Fsp3) is 0.562. The molecule has 3 unspecified atom stereocenters. The Morgan fingerprint density at radius 2 is 2.25 bits per heavy atom. The molecule has 0 saturated carbocycles. The molecule has 0 bridgehead atoms. The van der Waals surface area contributed by atoms with E-state index in [-0.39, 0.29) is 29.7 Å². The van der Waals surface area contributed by atoms with Crippen LogP contribution in [0.1, 0.15) is 43.9 Å². The highest BCUT2D eigenvalue weighted by atomic mass is 19.1. The summed E-state index contributed by atoms with van der Waals surface area (Å²) in [5.41, 5.74) is 1.43. The third-order valence-electron chi connectivity index (χ3n) is 4.15. The first kappa shape index (κ1) is 15.0. The number of benzene rings is 1. The number of carbonyl (C=O) groups is 1. The highest BCUT2D eigenvalue weighted by molar-refractivity contribution is 5.79. The van der Waals surface area contributed by atoms with E-state index in [1.54, 1.807) is 13.0 Å². The molecule has 3 atom stereocenters. The lowest BCUT2D eigenvalue weighted by atomic mass is 9.91. The molecule has 1 aliphatic rings. The van der Waals surface area contributed by atoms with Crippen LogP contribution in [0, 0.1) is 18.7 Å². The summed E-state index contributed by atoms with van der Waals surface area (Å²) in [5, 5.41) is 6.32. The molecular formula is C16H23FN2O. The Bertz CT molecular complexity index is 489. The third-order valence-corrected chi connectivity index (χ3v) is 4.15. The van der Waals surface area contributed by atoms with Gasteiger partial charge in [-0.3, -0.25) is 4.79 Å².